The minimum absolute atomic E-state index is 0.0495. The molecule has 2 rings (SSSR count). The molecule has 0 bridgehead atoms. The van der Waals surface area contributed by atoms with Crippen molar-refractivity contribution in [2.24, 2.45) is 0 Å². The number of hydrogen-bond acceptors (Lipinski definition) is 3. The van der Waals surface area contributed by atoms with Gasteiger partial charge in [-0.25, -0.2) is 4.39 Å². The number of carbonyl (C=O) groups excluding carboxylic acids is 2. The van der Waals surface area contributed by atoms with Crippen LogP contribution in [0.4, 0.5) is 4.39 Å². The largest absolute Gasteiger partial charge is 0.350 e. The van der Waals surface area contributed by atoms with Gasteiger partial charge < -0.3 is 10.6 Å². The van der Waals surface area contributed by atoms with E-state index in [9.17, 15) is 14.0 Å². The molecule has 0 saturated heterocycles. The van der Waals surface area contributed by atoms with Crippen molar-refractivity contribution in [3.63, 3.8) is 0 Å². The van der Waals surface area contributed by atoms with E-state index in [1.807, 2.05) is 13.8 Å². The van der Waals surface area contributed by atoms with Crippen LogP contribution in [0.15, 0.2) is 42.7 Å². The van der Waals surface area contributed by atoms with Crippen molar-refractivity contribution >= 4 is 11.8 Å². The molecule has 1 heterocycles. The highest BCUT2D eigenvalue weighted by Crippen LogP contribution is 2.06. The topological polar surface area (TPSA) is 71.1 Å². The number of nitrogens with one attached hydrogen (secondary N) is 2. The first kappa shape index (κ1) is 17.6. The van der Waals surface area contributed by atoms with Crippen LogP contribution in [0.2, 0.25) is 0 Å². The maximum atomic E-state index is 12.9. The lowest BCUT2D eigenvalue weighted by molar-refractivity contribution is 0.0939. The van der Waals surface area contributed by atoms with Crippen molar-refractivity contribution < 1.29 is 14.0 Å². The Kier molecular flexibility index (Phi) is 6.01. The molecule has 0 spiro atoms. The lowest BCUT2D eigenvalue weighted by Crippen LogP contribution is -2.32. The lowest BCUT2D eigenvalue weighted by Gasteiger charge is -2.11. The molecule has 5 nitrogen and oxygen atoms in total. The summed E-state index contributed by atoms with van der Waals surface area (Å²) in [5.74, 6) is -0.927. The number of pyridine rings is 1. The van der Waals surface area contributed by atoms with Crippen LogP contribution in [-0.4, -0.2) is 22.8 Å². The van der Waals surface area contributed by atoms with Gasteiger partial charge in [-0.05, 0) is 37.1 Å². The average molecular weight is 329 g/mol. The number of halogens is 1. The van der Waals surface area contributed by atoms with Gasteiger partial charge in [-0.3, -0.25) is 14.6 Å². The van der Waals surface area contributed by atoms with Crippen LogP contribution in [0, 0.1) is 5.82 Å². The summed E-state index contributed by atoms with van der Waals surface area (Å²) in [5.41, 5.74) is 1.42. The van der Waals surface area contributed by atoms with E-state index in [2.05, 4.69) is 15.6 Å². The minimum Gasteiger partial charge on any atom is -0.350 e. The molecule has 1 aromatic heterocycles. The van der Waals surface area contributed by atoms with Crippen LogP contribution in [0.3, 0.4) is 0 Å². The highest BCUT2D eigenvalue weighted by atomic mass is 19.1. The third kappa shape index (κ3) is 4.87. The van der Waals surface area contributed by atoms with Gasteiger partial charge in [0.25, 0.3) is 11.8 Å². The monoisotopic (exact) mass is 329 g/mol. The molecule has 0 aliphatic heterocycles. The van der Waals surface area contributed by atoms with Crippen molar-refractivity contribution in [2.45, 2.75) is 32.9 Å². The third-order valence-corrected chi connectivity index (χ3v) is 3.62. The number of carbonyl (C=O) groups is 2. The van der Waals surface area contributed by atoms with E-state index >= 15 is 0 Å². The lowest BCUT2D eigenvalue weighted by atomic mass is 10.1. The van der Waals surface area contributed by atoms with Crippen LogP contribution in [0.5, 0.6) is 0 Å². The molecule has 2 amide bonds. The van der Waals surface area contributed by atoms with E-state index in [0.717, 1.165) is 12.0 Å². The predicted molar refractivity (Wildman–Crippen MR) is 89.0 cm³/mol. The van der Waals surface area contributed by atoms with Gasteiger partial charge in [0.2, 0.25) is 0 Å². The standard InChI is InChI=1S/C18H20FN3O2/c1-3-12(2)22-18(24)15-8-14(10-20-11-15)17(23)21-9-13-4-6-16(19)7-5-13/h4-8,10-12H,3,9H2,1-2H3,(H,21,23)(H,22,24). The molecular weight excluding hydrogens is 309 g/mol. The van der Waals surface area contributed by atoms with E-state index in [-0.39, 0.29) is 30.2 Å². The quantitative estimate of drug-likeness (QED) is 0.856. The smallest absolute Gasteiger partial charge is 0.253 e. The Labute approximate surface area is 140 Å². The van der Waals surface area contributed by atoms with Crippen molar-refractivity contribution in [3.8, 4) is 0 Å². The number of nitrogens with zero attached hydrogens (tertiary/aromatic N) is 1. The zero-order chi connectivity index (χ0) is 17.5. The summed E-state index contributed by atoms with van der Waals surface area (Å²) in [7, 11) is 0. The second kappa shape index (κ2) is 8.19. The van der Waals surface area contributed by atoms with Crippen LogP contribution in [-0.2, 0) is 6.54 Å². The third-order valence-electron chi connectivity index (χ3n) is 3.62. The Morgan fingerprint density at radius 2 is 1.75 bits per heavy atom. The molecule has 126 valence electrons. The number of aromatic nitrogens is 1. The van der Waals surface area contributed by atoms with Gasteiger partial charge in [0, 0.05) is 25.0 Å². The molecule has 0 radical (unpaired) electrons. The first-order chi connectivity index (χ1) is 11.5. The highest BCUT2D eigenvalue weighted by Gasteiger charge is 2.12. The first-order valence-electron chi connectivity index (χ1n) is 7.78. The van der Waals surface area contributed by atoms with Gasteiger partial charge in [-0.2, -0.15) is 0 Å². The van der Waals surface area contributed by atoms with E-state index in [0.29, 0.717) is 11.1 Å². The van der Waals surface area contributed by atoms with Crippen LogP contribution in [0.1, 0.15) is 46.5 Å². The Morgan fingerprint density at radius 1 is 1.12 bits per heavy atom. The summed E-state index contributed by atoms with van der Waals surface area (Å²) in [4.78, 5) is 28.2. The molecule has 2 aromatic rings. The van der Waals surface area contributed by atoms with E-state index < -0.39 is 0 Å². The summed E-state index contributed by atoms with van der Waals surface area (Å²) in [6.45, 7) is 4.15. The molecule has 0 aliphatic rings. The molecule has 1 unspecified atom stereocenters. The Bertz CT molecular complexity index is 716. The zero-order valence-corrected chi connectivity index (χ0v) is 13.7. The van der Waals surface area contributed by atoms with Crippen LogP contribution < -0.4 is 10.6 Å². The van der Waals surface area contributed by atoms with Crippen molar-refractivity contribution in [1.82, 2.24) is 15.6 Å². The maximum Gasteiger partial charge on any atom is 0.253 e. The number of amides is 2. The summed E-state index contributed by atoms with van der Waals surface area (Å²) in [6, 6.07) is 7.43. The number of rotatable bonds is 6. The van der Waals surface area contributed by atoms with E-state index in [4.69, 9.17) is 0 Å². The molecule has 1 atom stereocenters. The number of hydrogen-bond donors (Lipinski definition) is 2. The van der Waals surface area contributed by atoms with Crippen molar-refractivity contribution in [1.29, 1.82) is 0 Å². The maximum absolute atomic E-state index is 12.9. The Hall–Kier alpha value is -2.76. The highest BCUT2D eigenvalue weighted by molar-refractivity contribution is 5.99. The predicted octanol–water partition coefficient (Wildman–Crippen LogP) is 2.68. The SMILES string of the molecule is CCC(C)NC(=O)c1cncc(C(=O)NCc2ccc(F)cc2)c1. The van der Waals surface area contributed by atoms with Crippen molar-refractivity contribution in [3.05, 3.63) is 65.2 Å². The second-order valence-corrected chi connectivity index (χ2v) is 5.55. The first-order valence-corrected chi connectivity index (χ1v) is 7.78. The summed E-state index contributed by atoms with van der Waals surface area (Å²) in [5, 5.41) is 5.55. The summed E-state index contributed by atoms with van der Waals surface area (Å²) in [6.07, 6.45) is 3.64. The molecule has 0 aliphatic carbocycles. The van der Waals surface area contributed by atoms with Gasteiger partial charge in [-0.1, -0.05) is 19.1 Å². The summed E-state index contributed by atoms with van der Waals surface area (Å²) < 4.78 is 12.9. The number of benzene rings is 1. The fourth-order valence-electron chi connectivity index (χ4n) is 1.98. The van der Waals surface area contributed by atoms with E-state index in [1.54, 1.807) is 12.1 Å². The van der Waals surface area contributed by atoms with Gasteiger partial charge in [0.1, 0.15) is 5.82 Å². The fraction of sp³-hybridized carbons (Fsp3) is 0.278. The molecule has 1 aromatic carbocycles. The Morgan fingerprint density at radius 3 is 2.38 bits per heavy atom. The van der Waals surface area contributed by atoms with E-state index in [1.165, 1.54) is 30.6 Å². The van der Waals surface area contributed by atoms with Gasteiger partial charge in [0.15, 0.2) is 0 Å². The second-order valence-electron chi connectivity index (χ2n) is 5.55. The van der Waals surface area contributed by atoms with Crippen molar-refractivity contribution in [2.75, 3.05) is 0 Å². The molecule has 0 fully saturated rings. The minimum atomic E-state index is -0.343. The van der Waals surface area contributed by atoms with Crippen LogP contribution >= 0.6 is 0 Å². The molecule has 24 heavy (non-hydrogen) atoms. The van der Waals surface area contributed by atoms with Gasteiger partial charge >= 0.3 is 0 Å². The average Bonchev–Trinajstić information content (AvgIpc) is 2.60. The Balaban J connectivity index is 2.00. The zero-order valence-electron chi connectivity index (χ0n) is 13.7. The molecule has 0 saturated carbocycles. The molecular formula is C18H20FN3O2. The fourth-order valence-corrected chi connectivity index (χ4v) is 1.98. The van der Waals surface area contributed by atoms with Gasteiger partial charge in [0.05, 0.1) is 11.1 Å². The van der Waals surface area contributed by atoms with Gasteiger partial charge in [-0.15, -0.1) is 0 Å². The molecule has 2 N–H and O–H groups in total. The summed E-state index contributed by atoms with van der Waals surface area (Å²) >= 11 is 0. The molecule has 6 heteroatoms. The van der Waals surface area contributed by atoms with Crippen LogP contribution in [0.25, 0.3) is 0 Å². The normalized spacial score (nSPS) is 11.6.